The molecule has 0 radical (unpaired) electrons. The second kappa shape index (κ2) is 6.49. The van der Waals surface area contributed by atoms with E-state index in [2.05, 4.69) is 34.6 Å². The maximum absolute atomic E-state index is 5.80. The molecule has 0 aromatic rings. The van der Waals surface area contributed by atoms with E-state index in [4.69, 9.17) is 9.47 Å². The van der Waals surface area contributed by atoms with Gasteiger partial charge in [0.2, 0.25) is 0 Å². The standard InChI is InChI=1S/C13H28O2/c1-8-13(9-2,15-7)12(10(3)4)11(5)14-6/h10-12H,8-9H2,1-7H3. The zero-order valence-corrected chi connectivity index (χ0v) is 11.5. The number of hydrogen-bond donors (Lipinski definition) is 0. The molecule has 0 N–H and O–H groups in total. The molecular weight excluding hydrogens is 188 g/mol. The minimum absolute atomic E-state index is 0.0381. The van der Waals surface area contributed by atoms with Crippen LogP contribution in [-0.2, 0) is 9.47 Å². The van der Waals surface area contributed by atoms with Crippen LogP contribution in [0.4, 0.5) is 0 Å². The quantitative estimate of drug-likeness (QED) is 0.648. The molecule has 2 unspecified atom stereocenters. The van der Waals surface area contributed by atoms with Crippen molar-refractivity contribution in [2.45, 2.75) is 59.2 Å². The Morgan fingerprint density at radius 3 is 1.67 bits per heavy atom. The molecule has 0 heterocycles. The van der Waals surface area contributed by atoms with Crippen molar-refractivity contribution in [3.8, 4) is 0 Å². The largest absolute Gasteiger partial charge is 0.381 e. The number of rotatable bonds is 7. The van der Waals surface area contributed by atoms with Gasteiger partial charge in [-0.3, -0.25) is 0 Å². The number of hydrogen-bond acceptors (Lipinski definition) is 2. The molecule has 0 spiro atoms. The minimum atomic E-state index is -0.0381. The normalized spacial score (nSPS) is 16.8. The molecular formula is C13H28O2. The Hall–Kier alpha value is -0.0800. The zero-order chi connectivity index (χ0) is 12.1. The van der Waals surface area contributed by atoms with Gasteiger partial charge >= 0.3 is 0 Å². The van der Waals surface area contributed by atoms with Crippen molar-refractivity contribution in [1.29, 1.82) is 0 Å². The lowest BCUT2D eigenvalue weighted by molar-refractivity contribution is -0.123. The minimum Gasteiger partial charge on any atom is -0.381 e. The third-order valence-corrected chi connectivity index (χ3v) is 3.81. The lowest BCUT2D eigenvalue weighted by atomic mass is 9.73. The van der Waals surface area contributed by atoms with Gasteiger partial charge in [0, 0.05) is 20.1 Å². The lowest BCUT2D eigenvalue weighted by Gasteiger charge is -2.43. The summed E-state index contributed by atoms with van der Waals surface area (Å²) in [6.45, 7) is 11.0. The molecule has 0 saturated heterocycles. The van der Waals surface area contributed by atoms with Gasteiger partial charge in [0.25, 0.3) is 0 Å². The van der Waals surface area contributed by atoms with Gasteiger partial charge in [-0.1, -0.05) is 27.7 Å². The molecule has 2 nitrogen and oxygen atoms in total. The first kappa shape index (κ1) is 14.9. The Morgan fingerprint density at radius 2 is 1.47 bits per heavy atom. The molecule has 15 heavy (non-hydrogen) atoms. The monoisotopic (exact) mass is 216 g/mol. The molecule has 0 bridgehead atoms. The molecule has 0 aliphatic carbocycles. The van der Waals surface area contributed by atoms with E-state index < -0.39 is 0 Å². The van der Waals surface area contributed by atoms with Crippen LogP contribution >= 0.6 is 0 Å². The fraction of sp³-hybridized carbons (Fsp3) is 1.00. The highest BCUT2D eigenvalue weighted by Gasteiger charge is 2.41. The van der Waals surface area contributed by atoms with Crippen molar-refractivity contribution in [3.63, 3.8) is 0 Å². The average Bonchev–Trinajstić information content (AvgIpc) is 2.24. The van der Waals surface area contributed by atoms with E-state index in [0.29, 0.717) is 11.8 Å². The average molecular weight is 216 g/mol. The van der Waals surface area contributed by atoms with E-state index in [0.717, 1.165) is 12.8 Å². The zero-order valence-electron chi connectivity index (χ0n) is 11.5. The summed E-state index contributed by atoms with van der Waals surface area (Å²) in [7, 11) is 3.61. The van der Waals surface area contributed by atoms with Crippen LogP contribution in [-0.4, -0.2) is 25.9 Å². The molecule has 0 aliphatic rings. The van der Waals surface area contributed by atoms with Crippen molar-refractivity contribution < 1.29 is 9.47 Å². The van der Waals surface area contributed by atoms with Gasteiger partial charge in [-0.25, -0.2) is 0 Å². The van der Waals surface area contributed by atoms with Crippen molar-refractivity contribution >= 4 is 0 Å². The third kappa shape index (κ3) is 3.18. The van der Waals surface area contributed by atoms with Crippen LogP contribution in [0.1, 0.15) is 47.5 Å². The van der Waals surface area contributed by atoms with Crippen LogP contribution in [0.2, 0.25) is 0 Å². The molecule has 0 fully saturated rings. The summed E-state index contributed by atoms with van der Waals surface area (Å²) in [5.74, 6) is 1.02. The van der Waals surface area contributed by atoms with Crippen LogP contribution in [0.5, 0.6) is 0 Å². The molecule has 0 amide bonds. The SMILES string of the molecule is CCC(CC)(OC)C(C(C)C)C(C)OC. The Balaban J connectivity index is 4.99. The predicted molar refractivity (Wildman–Crippen MR) is 65.1 cm³/mol. The smallest absolute Gasteiger partial charge is 0.0728 e. The molecule has 2 atom stereocenters. The van der Waals surface area contributed by atoms with Gasteiger partial charge < -0.3 is 9.47 Å². The number of methoxy groups -OCH3 is 2. The van der Waals surface area contributed by atoms with Crippen molar-refractivity contribution in [2.24, 2.45) is 11.8 Å². The van der Waals surface area contributed by atoms with E-state index in [1.54, 1.807) is 7.11 Å². The van der Waals surface area contributed by atoms with Gasteiger partial charge in [-0.05, 0) is 25.7 Å². The van der Waals surface area contributed by atoms with Gasteiger partial charge in [0.15, 0.2) is 0 Å². The Labute approximate surface area is 95.3 Å². The van der Waals surface area contributed by atoms with E-state index in [-0.39, 0.29) is 11.7 Å². The van der Waals surface area contributed by atoms with Crippen LogP contribution < -0.4 is 0 Å². The Kier molecular flexibility index (Phi) is 6.46. The maximum Gasteiger partial charge on any atom is 0.0728 e. The van der Waals surface area contributed by atoms with E-state index >= 15 is 0 Å². The van der Waals surface area contributed by atoms with Crippen molar-refractivity contribution in [2.75, 3.05) is 14.2 Å². The first-order chi connectivity index (χ1) is 6.98. The number of ether oxygens (including phenoxy) is 2. The summed E-state index contributed by atoms with van der Waals surface area (Å²) in [6, 6.07) is 0. The predicted octanol–water partition coefficient (Wildman–Crippen LogP) is 3.50. The first-order valence-corrected chi connectivity index (χ1v) is 6.07. The topological polar surface area (TPSA) is 18.5 Å². The van der Waals surface area contributed by atoms with Crippen molar-refractivity contribution in [3.05, 3.63) is 0 Å². The van der Waals surface area contributed by atoms with Crippen LogP contribution in [0.25, 0.3) is 0 Å². The van der Waals surface area contributed by atoms with Gasteiger partial charge in [0.05, 0.1) is 11.7 Å². The molecule has 0 aromatic carbocycles. The summed E-state index contributed by atoms with van der Waals surface area (Å²) in [5.41, 5.74) is -0.0381. The molecule has 92 valence electrons. The Morgan fingerprint density at radius 1 is 1.00 bits per heavy atom. The van der Waals surface area contributed by atoms with Crippen LogP contribution in [0.15, 0.2) is 0 Å². The Bertz CT molecular complexity index is 154. The van der Waals surface area contributed by atoms with E-state index in [9.17, 15) is 0 Å². The summed E-state index contributed by atoms with van der Waals surface area (Å²) in [6.07, 6.45) is 2.32. The molecule has 0 saturated carbocycles. The summed E-state index contributed by atoms with van der Waals surface area (Å²) in [4.78, 5) is 0. The molecule has 2 heteroatoms. The highest BCUT2D eigenvalue weighted by atomic mass is 16.5. The van der Waals surface area contributed by atoms with E-state index in [1.807, 2.05) is 7.11 Å². The molecule has 0 aliphatic heterocycles. The summed E-state index contributed by atoms with van der Waals surface area (Å²) in [5, 5.41) is 0. The maximum atomic E-state index is 5.80. The van der Waals surface area contributed by atoms with Crippen LogP contribution in [0, 0.1) is 11.8 Å². The van der Waals surface area contributed by atoms with Gasteiger partial charge in [0.1, 0.15) is 0 Å². The van der Waals surface area contributed by atoms with Gasteiger partial charge in [-0.15, -0.1) is 0 Å². The highest BCUT2D eigenvalue weighted by Crippen LogP contribution is 2.37. The molecule has 0 rings (SSSR count). The fourth-order valence-corrected chi connectivity index (χ4v) is 2.87. The second-order valence-electron chi connectivity index (χ2n) is 4.69. The van der Waals surface area contributed by atoms with Crippen molar-refractivity contribution in [1.82, 2.24) is 0 Å². The fourth-order valence-electron chi connectivity index (χ4n) is 2.87. The lowest BCUT2D eigenvalue weighted by Crippen LogP contribution is -2.47. The first-order valence-electron chi connectivity index (χ1n) is 6.07. The summed E-state index contributed by atoms with van der Waals surface area (Å²) >= 11 is 0. The van der Waals surface area contributed by atoms with Crippen LogP contribution in [0.3, 0.4) is 0 Å². The second-order valence-corrected chi connectivity index (χ2v) is 4.69. The summed E-state index contributed by atoms with van der Waals surface area (Å²) < 4.78 is 11.3. The van der Waals surface area contributed by atoms with E-state index in [1.165, 1.54) is 0 Å². The third-order valence-electron chi connectivity index (χ3n) is 3.81. The van der Waals surface area contributed by atoms with Gasteiger partial charge in [-0.2, -0.15) is 0 Å². The highest BCUT2D eigenvalue weighted by molar-refractivity contribution is 4.91. The molecule has 0 aromatic heterocycles.